The van der Waals surface area contributed by atoms with Crippen molar-refractivity contribution < 1.29 is 13.7 Å². The molecule has 0 aliphatic carbocycles. The van der Waals surface area contributed by atoms with E-state index in [-0.39, 0.29) is 17.9 Å². The monoisotopic (exact) mass is 366 g/mol. The fourth-order valence-corrected chi connectivity index (χ4v) is 3.23. The fraction of sp³-hybridized carbons (Fsp3) is 0.250. The molecule has 1 aromatic heterocycles. The molecule has 0 spiro atoms. The van der Waals surface area contributed by atoms with Gasteiger partial charge >= 0.3 is 6.03 Å². The predicted octanol–water partition coefficient (Wildman–Crippen LogP) is 4.63. The number of carbonyl (C=O) groups is 1. The van der Waals surface area contributed by atoms with Gasteiger partial charge in [0.25, 0.3) is 0 Å². The van der Waals surface area contributed by atoms with Gasteiger partial charge in [-0.3, -0.25) is 0 Å². The molecule has 1 N–H and O–H groups in total. The van der Waals surface area contributed by atoms with Gasteiger partial charge in [-0.1, -0.05) is 23.4 Å². The first-order valence-electron chi connectivity index (χ1n) is 8.93. The third kappa shape index (κ3) is 3.81. The summed E-state index contributed by atoms with van der Waals surface area (Å²) in [7, 11) is 0. The quantitative estimate of drug-likeness (QED) is 0.733. The molecular weight excluding hydrogens is 347 g/mol. The summed E-state index contributed by atoms with van der Waals surface area (Å²) < 4.78 is 18.5. The van der Waals surface area contributed by atoms with Gasteiger partial charge in [0.1, 0.15) is 11.9 Å². The van der Waals surface area contributed by atoms with Crippen LogP contribution in [0.25, 0.3) is 11.4 Å². The first-order valence-corrected chi connectivity index (χ1v) is 8.93. The molecule has 27 heavy (non-hydrogen) atoms. The number of carbonyl (C=O) groups excluding carboxylic acids is 1. The van der Waals surface area contributed by atoms with Crippen LogP contribution in [0.4, 0.5) is 14.9 Å². The maximum absolute atomic E-state index is 13.1. The molecule has 2 amide bonds. The first-order chi connectivity index (χ1) is 13.2. The highest BCUT2D eigenvalue weighted by atomic mass is 19.1. The van der Waals surface area contributed by atoms with Gasteiger partial charge in [0, 0.05) is 17.8 Å². The zero-order valence-electron chi connectivity index (χ0n) is 14.6. The van der Waals surface area contributed by atoms with Crippen LogP contribution in [0.15, 0.2) is 59.1 Å². The number of hydrogen-bond donors (Lipinski definition) is 1. The number of piperidine rings is 1. The standard InChI is InChI=1S/C20H19FN4O2/c21-15-11-9-14(10-12-15)18-23-19(27-24-18)17-8-4-5-13-25(17)20(26)22-16-6-2-1-3-7-16/h1-3,6-7,9-12,17H,4-5,8,13H2,(H,22,26). The van der Waals surface area contributed by atoms with Gasteiger partial charge in [0.2, 0.25) is 11.7 Å². The molecule has 1 fully saturated rings. The summed E-state index contributed by atoms with van der Waals surface area (Å²) in [5.74, 6) is 0.467. The summed E-state index contributed by atoms with van der Waals surface area (Å²) in [6.45, 7) is 0.623. The van der Waals surface area contributed by atoms with Crippen LogP contribution in [-0.2, 0) is 0 Å². The minimum atomic E-state index is -0.321. The maximum atomic E-state index is 13.1. The molecule has 138 valence electrons. The average Bonchev–Trinajstić information content (AvgIpc) is 3.19. The number of nitrogens with zero attached hydrogens (tertiary/aromatic N) is 3. The Balaban J connectivity index is 1.54. The van der Waals surface area contributed by atoms with Crippen LogP contribution in [0.3, 0.4) is 0 Å². The predicted molar refractivity (Wildman–Crippen MR) is 98.5 cm³/mol. The Kier molecular flexibility index (Phi) is 4.82. The number of hydrogen-bond acceptors (Lipinski definition) is 4. The largest absolute Gasteiger partial charge is 0.337 e. The topological polar surface area (TPSA) is 71.3 Å². The second-order valence-electron chi connectivity index (χ2n) is 6.46. The van der Waals surface area contributed by atoms with Crippen molar-refractivity contribution in [1.29, 1.82) is 0 Å². The SMILES string of the molecule is O=C(Nc1ccccc1)N1CCCCC1c1nc(-c2ccc(F)cc2)no1. The van der Waals surface area contributed by atoms with Gasteiger partial charge in [-0.25, -0.2) is 9.18 Å². The Hall–Kier alpha value is -3.22. The lowest BCUT2D eigenvalue weighted by molar-refractivity contribution is 0.142. The molecule has 0 radical (unpaired) electrons. The third-order valence-electron chi connectivity index (χ3n) is 4.62. The fourth-order valence-electron chi connectivity index (χ4n) is 3.23. The highest BCUT2D eigenvalue weighted by molar-refractivity contribution is 5.89. The van der Waals surface area contributed by atoms with Crippen LogP contribution in [0.2, 0.25) is 0 Å². The lowest BCUT2D eigenvalue weighted by atomic mass is 10.0. The number of para-hydroxylation sites is 1. The molecular formula is C20H19FN4O2. The van der Waals surface area contributed by atoms with E-state index in [2.05, 4.69) is 15.5 Å². The Morgan fingerprint density at radius 2 is 1.89 bits per heavy atom. The molecule has 1 unspecified atom stereocenters. The summed E-state index contributed by atoms with van der Waals surface area (Å²) in [6, 6.07) is 14.8. The van der Waals surface area contributed by atoms with E-state index in [1.165, 1.54) is 12.1 Å². The molecule has 2 heterocycles. The number of nitrogens with one attached hydrogen (secondary N) is 1. The van der Waals surface area contributed by atoms with E-state index < -0.39 is 0 Å². The molecule has 6 nitrogen and oxygen atoms in total. The second-order valence-corrected chi connectivity index (χ2v) is 6.46. The van der Waals surface area contributed by atoms with Crippen molar-refractivity contribution in [3.8, 4) is 11.4 Å². The molecule has 0 bridgehead atoms. The number of amides is 2. The summed E-state index contributed by atoms with van der Waals surface area (Å²) >= 11 is 0. The Bertz CT molecular complexity index is 911. The van der Waals surface area contributed by atoms with E-state index in [0.717, 1.165) is 24.9 Å². The van der Waals surface area contributed by atoms with Crippen LogP contribution in [0, 0.1) is 5.82 Å². The van der Waals surface area contributed by atoms with Gasteiger partial charge in [-0.15, -0.1) is 0 Å². The summed E-state index contributed by atoms with van der Waals surface area (Å²) in [6.07, 6.45) is 2.67. The summed E-state index contributed by atoms with van der Waals surface area (Å²) in [5, 5.41) is 6.91. The van der Waals surface area contributed by atoms with Crippen molar-refractivity contribution in [2.45, 2.75) is 25.3 Å². The first kappa shape index (κ1) is 17.2. The van der Waals surface area contributed by atoms with Crippen molar-refractivity contribution in [2.75, 3.05) is 11.9 Å². The second kappa shape index (κ2) is 7.57. The van der Waals surface area contributed by atoms with Gasteiger partial charge < -0.3 is 14.7 Å². The number of halogens is 1. The Morgan fingerprint density at radius 1 is 1.11 bits per heavy atom. The summed E-state index contributed by atoms with van der Waals surface area (Å²) in [5.41, 5.74) is 1.41. The number of anilines is 1. The van der Waals surface area contributed by atoms with E-state index in [1.807, 2.05) is 30.3 Å². The highest BCUT2D eigenvalue weighted by Gasteiger charge is 2.32. The van der Waals surface area contributed by atoms with E-state index in [4.69, 9.17) is 4.52 Å². The maximum Gasteiger partial charge on any atom is 0.322 e. The van der Waals surface area contributed by atoms with Crippen LogP contribution in [0.1, 0.15) is 31.2 Å². The molecule has 1 aliphatic heterocycles. The van der Waals surface area contributed by atoms with Crippen LogP contribution < -0.4 is 5.32 Å². The van der Waals surface area contributed by atoms with Crippen molar-refractivity contribution in [2.24, 2.45) is 0 Å². The van der Waals surface area contributed by atoms with Crippen molar-refractivity contribution in [1.82, 2.24) is 15.0 Å². The van der Waals surface area contributed by atoms with Gasteiger partial charge in [-0.05, 0) is 55.7 Å². The Labute approximate surface area is 156 Å². The van der Waals surface area contributed by atoms with Gasteiger partial charge in [0.15, 0.2) is 0 Å². The van der Waals surface area contributed by atoms with Crippen molar-refractivity contribution in [3.05, 3.63) is 66.3 Å². The van der Waals surface area contributed by atoms with E-state index in [1.54, 1.807) is 17.0 Å². The third-order valence-corrected chi connectivity index (χ3v) is 4.62. The molecule has 1 atom stereocenters. The van der Waals surface area contributed by atoms with E-state index in [9.17, 15) is 9.18 Å². The molecule has 1 aliphatic rings. The number of aromatic nitrogens is 2. The normalized spacial score (nSPS) is 16.9. The molecule has 4 rings (SSSR count). The molecule has 1 saturated heterocycles. The zero-order valence-corrected chi connectivity index (χ0v) is 14.6. The molecule has 3 aromatic rings. The van der Waals surface area contributed by atoms with E-state index in [0.29, 0.717) is 23.8 Å². The van der Waals surface area contributed by atoms with Crippen LogP contribution >= 0.6 is 0 Å². The lowest BCUT2D eigenvalue weighted by Gasteiger charge is -2.33. The number of urea groups is 1. The number of likely N-dealkylation sites (tertiary alicyclic amines) is 1. The van der Waals surface area contributed by atoms with Gasteiger partial charge in [-0.2, -0.15) is 4.98 Å². The average molecular weight is 366 g/mol. The Morgan fingerprint density at radius 3 is 2.67 bits per heavy atom. The van der Waals surface area contributed by atoms with E-state index >= 15 is 0 Å². The number of benzene rings is 2. The minimum Gasteiger partial charge on any atom is -0.337 e. The van der Waals surface area contributed by atoms with Crippen molar-refractivity contribution >= 4 is 11.7 Å². The summed E-state index contributed by atoms with van der Waals surface area (Å²) in [4.78, 5) is 18.9. The zero-order chi connectivity index (χ0) is 18.6. The van der Waals surface area contributed by atoms with Crippen molar-refractivity contribution in [3.63, 3.8) is 0 Å². The van der Waals surface area contributed by atoms with Crippen LogP contribution in [0.5, 0.6) is 0 Å². The molecule has 7 heteroatoms. The highest BCUT2D eigenvalue weighted by Crippen LogP contribution is 2.31. The van der Waals surface area contributed by atoms with Crippen LogP contribution in [-0.4, -0.2) is 27.6 Å². The number of rotatable bonds is 3. The lowest BCUT2D eigenvalue weighted by Crippen LogP contribution is -2.41. The smallest absolute Gasteiger partial charge is 0.322 e. The van der Waals surface area contributed by atoms with Gasteiger partial charge in [0.05, 0.1) is 0 Å². The molecule has 2 aromatic carbocycles. The minimum absolute atomic E-state index is 0.188. The molecule has 0 saturated carbocycles.